The van der Waals surface area contributed by atoms with Crippen LogP contribution >= 0.6 is 0 Å². The van der Waals surface area contributed by atoms with Crippen molar-refractivity contribution in [3.63, 3.8) is 0 Å². The molecule has 0 saturated carbocycles. The molecule has 1 aliphatic rings. The van der Waals surface area contributed by atoms with Gasteiger partial charge in [0.2, 0.25) is 9.84 Å². The van der Waals surface area contributed by atoms with Crippen molar-refractivity contribution in [1.82, 2.24) is 0 Å². The Morgan fingerprint density at radius 2 is 1.86 bits per heavy atom. The summed E-state index contributed by atoms with van der Waals surface area (Å²) in [5, 5.41) is 0. The first-order valence-electron chi connectivity index (χ1n) is 7.36. The molecule has 1 aliphatic carbocycles. The van der Waals surface area contributed by atoms with Gasteiger partial charge in [0.05, 0.1) is 9.79 Å². The van der Waals surface area contributed by atoms with Gasteiger partial charge in [-0.1, -0.05) is 18.2 Å². The second-order valence-corrected chi connectivity index (χ2v) is 7.57. The van der Waals surface area contributed by atoms with Crippen molar-refractivity contribution in [2.75, 3.05) is 6.54 Å². The van der Waals surface area contributed by atoms with Gasteiger partial charge in [-0.05, 0) is 67.1 Å². The van der Waals surface area contributed by atoms with Crippen LogP contribution in [0, 0.1) is 5.82 Å². The monoisotopic (exact) mass is 319 g/mol. The number of aryl methyl sites for hydroxylation is 1. The average Bonchev–Trinajstić information content (AvgIpc) is 2.54. The van der Waals surface area contributed by atoms with Crippen LogP contribution in [-0.4, -0.2) is 15.0 Å². The molecule has 0 spiro atoms. The highest BCUT2D eigenvalue weighted by Crippen LogP contribution is 2.35. The zero-order chi connectivity index (χ0) is 15.7. The van der Waals surface area contributed by atoms with E-state index in [1.165, 1.54) is 12.1 Å². The molecule has 116 valence electrons. The summed E-state index contributed by atoms with van der Waals surface area (Å²) in [7, 11) is -3.69. The fourth-order valence-electron chi connectivity index (χ4n) is 3.12. The molecule has 0 saturated heterocycles. The minimum absolute atomic E-state index is 0.0165. The van der Waals surface area contributed by atoms with Crippen molar-refractivity contribution < 1.29 is 12.8 Å². The molecule has 2 N–H and O–H groups in total. The van der Waals surface area contributed by atoms with Crippen molar-refractivity contribution in [2.45, 2.75) is 35.0 Å². The molecule has 0 amide bonds. The standard InChI is InChI=1S/C17H18FNO2S/c18-16-10-15(22(20,21)14-7-2-1-3-8-14)9-12-5-4-6-13(11-19)17(12)16/h1-3,7-10,13H,4-6,11,19H2/t13-/m0/s1. The predicted octanol–water partition coefficient (Wildman–Crippen LogP) is 3.04. The maximum absolute atomic E-state index is 14.5. The van der Waals surface area contributed by atoms with Crippen molar-refractivity contribution in [2.24, 2.45) is 5.73 Å². The minimum atomic E-state index is -3.69. The van der Waals surface area contributed by atoms with Gasteiger partial charge in [0, 0.05) is 0 Å². The summed E-state index contributed by atoms with van der Waals surface area (Å²) in [6, 6.07) is 10.9. The summed E-state index contributed by atoms with van der Waals surface area (Å²) in [5.41, 5.74) is 7.09. The van der Waals surface area contributed by atoms with Crippen LogP contribution in [-0.2, 0) is 16.3 Å². The van der Waals surface area contributed by atoms with Gasteiger partial charge in [0.1, 0.15) is 5.82 Å². The van der Waals surface area contributed by atoms with Crippen molar-refractivity contribution in [3.05, 3.63) is 59.4 Å². The van der Waals surface area contributed by atoms with Crippen LogP contribution in [0.5, 0.6) is 0 Å². The Bertz CT molecular complexity index is 788. The van der Waals surface area contributed by atoms with Gasteiger partial charge in [-0.25, -0.2) is 12.8 Å². The van der Waals surface area contributed by atoms with E-state index in [2.05, 4.69) is 0 Å². The van der Waals surface area contributed by atoms with Crippen LogP contribution in [0.1, 0.15) is 29.9 Å². The molecule has 0 radical (unpaired) electrons. The van der Waals surface area contributed by atoms with Gasteiger partial charge in [0.15, 0.2) is 0 Å². The zero-order valence-corrected chi connectivity index (χ0v) is 12.9. The lowest BCUT2D eigenvalue weighted by Crippen LogP contribution is -2.20. The first-order valence-corrected chi connectivity index (χ1v) is 8.85. The van der Waals surface area contributed by atoms with Crippen LogP contribution in [0.4, 0.5) is 4.39 Å². The number of hydrogen-bond donors (Lipinski definition) is 1. The van der Waals surface area contributed by atoms with E-state index in [0.717, 1.165) is 24.5 Å². The molecule has 0 heterocycles. The van der Waals surface area contributed by atoms with Crippen LogP contribution < -0.4 is 5.73 Å². The summed E-state index contributed by atoms with van der Waals surface area (Å²) in [4.78, 5) is 0.202. The van der Waals surface area contributed by atoms with Crippen LogP contribution in [0.2, 0.25) is 0 Å². The number of benzene rings is 2. The number of nitrogens with two attached hydrogens (primary N) is 1. The molecule has 0 bridgehead atoms. The molecule has 0 aliphatic heterocycles. The number of halogens is 1. The van der Waals surface area contributed by atoms with Crippen LogP contribution in [0.25, 0.3) is 0 Å². The summed E-state index contributed by atoms with van der Waals surface area (Å²) in [6.07, 6.45) is 2.45. The highest BCUT2D eigenvalue weighted by molar-refractivity contribution is 7.91. The Balaban J connectivity index is 2.13. The van der Waals surface area contributed by atoms with Gasteiger partial charge < -0.3 is 5.73 Å². The van der Waals surface area contributed by atoms with Crippen LogP contribution in [0.3, 0.4) is 0 Å². The SMILES string of the molecule is NC[C@@H]1CCCc2cc(S(=O)(=O)c3ccccc3)cc(F)c21. The van der Waals surface area contributed by atoms with Gasteiger partial charge in [-0.15, -0.1) is 0 Å². The second kappa shape index (κ2) is 5.82. The summed E-state index contributed by atoms with van der Waals surface area (Å²) >= 11 is 0. The summed E-state index contributed by atoms with van der Waals surface area (Å²) in [5.74, 6) is -0.473. The first kappa shape index (κ1) is 15.2. The van der Waals surface area contributed by atoms with Gasteiger partial charge in [-0.3, -0.25) is 0 Å². The van der Waals surface area contributed by atoms with E-state index in [0.29, 0.717) is 18.5 Å². The molecule has 22 heavy (non-hydrogen) atoms. The van der Waals surface area contributed by atoms with E-state index in [4.69, 9.17) is 5.73 Å². The molecular formula is C17H18FNO2S. The van der Waals surface area contributed by atoms with E-state index < -0.39 is 15.7 Å². The molecule has 0 aromatic heterocycles. The highest BCUT2D eigenvalue weighted by atomic mass is 32.2. The lowest BCUT2D eigenvalue weighted by Gasteiger charge is -2.25. The normalized spacial score (nSPS) is 18.0. The predicted molar refractivity (Wildman–Crippen MR) is 83.0 cm³/mol. The maximum Gasteiger partial charge on any atom is 0.206 e. The van der Waals surface area contributed by atoms with Gasteiger partial charge in [0.25, 0.3) is 0 Å². The molecule has 2 aromatic carbocycles. The third-order valence-corrected chi connectivity index (χ3v) is 5.99. The molecule has 0 unspecified atom stereocenters. The third kappa shape index (κ3) is 2.55. The van der Waals surface area contributed by atoms with E-state index in [1.807, 2.05) is 0 Å². The Labute approximate surface area is 129 Å². The van der Waals surface area contributed by atoms with E-state index in [1.54, 1.807) is 24.3 Å². The average molecular weight is 319 g/mol. The molecule has 3 rings (SSSR count). The molecule has 1 atom stereocenters. The smallest absolute Gasteiger partial charge is 0.206 e. The molecule has 2 aromatic rings. The fraction of sp³-hybridized carbons (Fsp3) is 0.294. The largest absolute Gasteiger partial charge is 0.330 e. The summed E-state index contributed by atoms with van der Waals surface area (Å²) in [6.45, 7) is 0.384. The van der Waals surface area contributed by atoms with Crippen molar-refractivity contribution in [3.8, 4) is 0 Å². The minimum Gasteiger partial charge on any atom is -0.330 e. The number of fused-ring (bicyclic) bond motifs is 1. The maximum atomic E-state index is 14.5. The van der Waals surface area contributed by atoms with Crippen LogP contribution in [0.15, 0.2) is 52.3 Å². The molecular weight excluding hydrogens is 301 g/mol. The van der Waals surface area contributed by atoms with Gasteiger partial charge in [-0.2, -0.15) is 0 Å². The number of hydrogen-bond acceptors (Lipinski definition) is 3. The topological polar surface area (TPSA) is 60.2 Å². The summed E-state index contributed by atoms with van der Waals surface area (Å²) < 4.78 is 39.8. The molecule has 3 nitrogen and oxygen atoms in total. The first-order chi connectivity index (χ1) is 10.5. The van der Waals surface area contributed by atoms with E-state index in [9.17, 15) is 12.8 Å². The van der Waals surface area contributed by atoms with E-state index in [-0.39, 0.29) is 15.7 Å². The Morgan fingerprint density at radius 1 is 1.14 bits per heavy atom. The lowest BCUT2D eigenvalue weighted by molar-refractivity contribution is 0.509. The number of sulfone groups is 1. The molecule has 0 fully saturated rings. The number of rotatable bonds is 3. The van der Waals surface area contributed by atoms with E-state index >= 15 is 0 Å². The van der Waals surface area contributed by atoms with Gasteiger partial charge >= 0.3 is 0 Å². The highest BCUT2D eigenvalue weighted by Gasteiger charge is 2.27. The fourth-order valence-corrected chi connectivity index (χ4v) is 4.46. The zero-order valence-electron chi connectivity index (χ0n) is 12.1. The van der Waals surface area contributed by atoms with Crippen molar-refractivity contribution in [1.29, 1.82) is 0 Å². The lowest BCUT2D eigenvalue weighted by atomic mass is 9.82. The molecule has 5 heteroatoms. The second-order valence-electron chi connectivity index (χ2n) is 5.62. The Kier molecular flexibility index (Phi) is 4.02. The third-order valence-electron chi connectivity index (χ3n) is 4.24. The Morgan fingerprint density at radius 3 is 2.55 bits per heavy atom. The van der Waals surface area contributed by atoms with Crippen molar-refractivity contribution >= 4 is 9.84 Å². The Hall–Kier alpha value is -1.72. The quantitative estimate of drug-likeness (QED) is 0.946.